The van der Waals surface area contributed by atoms with Gasteiger partial charge in [-0.15, -0.1) is 0 Å². The fourth-order valence-corrected chi connectivity index (χ4v) is 1.86. The fourth-order valence-electron chi connectivity index (χ4n) is 1.74. The van der Waals surface area contributed by atoms with Crippen LogP contribution in [0.3, 0.4) is 0 Å². The summed E-state index contributed by atoms with van der Waals surface area (Å²) in [6.07, 6.45) is 1.71. The van der Waals surface area contributed by atoms with Crippen molar-refractivity contribution in [2.45, 2.75) is 20.0 Å². The SMILES string of the molecule is CC(C)Oc1ccc(/C=N\NC(=O)c2ccc(Cl)cc2)cc1. The van der Waals surface area contributed by atoms with Crippen LogP contribution in [0.2, 0.25) is 5.02 Å². The van der Waals surface area contributed by atoms with Gasteiger partial charge in [0.2, 0.25) is 0 Å². The van der Waals surface area contributed by atoms with E-state index in [1.165, 1.54) is 0 Å². The molecule has 0 fully saturated rings. The normalized spacial score (nSPS) is 10.9. The van der Waals surface area contributed by atoms with E-state index in [1.54, 1.807) is 30.5 Å². The van der Waals surface area contributed by atoms with Gasteiger partial charge in [0, 0.05) is 10.6 Å². The van der Waals surface area contributed by atoms with Crippen LogP contribution in [0.1, 0.15) is 29.8 Å². The molecule has 2 aromatic rings. The van der Waals surface area contributed by atoms with Crippen LogP contribution in [0.4, 0.5) is 0 Å². The summed E-state index contributed by atoms with van der Waals surface area (Å²) in [5.74, 6) is 0.519. The van der Waals surface area contributed by atoms with Crippen molar-refractivity contribution < 1.29 is 9.53 Å². The molecule has 0 saturated heterocycles. The topological polar surface area (TPSA) is 50.7 Å². The predicted molar refractivity (Wildman–Crippen MR) is 88.7 cm³/mol. The molecule has 0 saturated carbocycles. The van der Waals surface area contributed by atoms with E-state index < -0.39 is 0 Å². The van der Waals surface area contributed by atoms with Crippen LogP contribution in [0, 0.1) is 0 Å². The van der Waals surface area contributed by atoms with Gasteiger partial charge in [-0.3, -0.25) is 4.79 Å². The molecule has 4 nitrogen and oxygen atoms in total. The summed E-state index contributed by atoms with van der Waals surface area (Å²) < 4.78 is 5.55. The Hall–Kier alpha value is -2.33. The second-order valence-corrected chi connectivity index (χ2v) is 5.38. The summed E-state index contributed by atoms with van der Waals surface area (Å²) in [7, 11) is 0. The van der Waals surface area contributed by atoms with Gasteiger partial charge in [0.25, 0.3) is 5.91 Å². The summed E-state index contributed by atoms with van der Waals surface area (Å²) >= 11 is 5.77. The maximum atomic E-state index is 11.8. The van der Waals surface area contributed by atoms with Gasteiger partial charge in [-0.25, -0.2) is 5.43 Å². The third-order valence-corrected chi connectivity index (χ3v) is 2.99. The molecule has 0 atom stereocenters. The van der Waals surface area contributed by atoms with Gasteiger partial charge >= 0.3 is 0 Å². The molecule has 0 heterocycles. The molecule has 22 heavy (non-hydrogen) atoms. The quantitative estimate of drug-likeness (QED) is 0.672. The number of halogens is 1. The fraction of sp³-hybridized carbons (Fsp3) is 0.176. The van der Waals surface area contributed by atoms with Crippen molar-refractivity contribution in [1.29, 1.82) is 0 Å². The third-order valence-electron chi connectivity index (χ3n) is 2.74. The van der Waals surface area contributed by atoms with E-state index in [0.29, 0.717) is 10.6 Å². The minimum absolute atomic E-state index is 0.137. The molecule has 1 N–H and O–H groups in total. The van der Waals surface area contributed by atoms with Gasteiger partial charge in [0.1, 0.15) is 5.75 Å². The van der Waals surface area contributed by atoms with Crippen LogP contribution in [0.5, 0.6) is 5.75 Å². The third kappa shape index (κ3) is 4.90. The predicted octanol–water partition coefficient (Wildman–Crippen LogP) is 3.89. The Morgan fingerprint density at radius 1 is 1.14 bits per heavy atom. The Kier molecular flexibility index (Phi) is 5.55. The van der Waals surface area contributed by atoms with Gasteiger partial charge in [-0.2, -0.15) is 5.10 Å². The minimum Gasteiger partial charge on any atom is -0.491 e. The molecule has 2 rings (SSSR count). The van der Waals surface area contributed by atoms with Crippen molar-refractivity contribution in [1.82, 2.24) is 5.43 Å². The molecule has 0 aliphatic carbocycles. The zero-order chi connectivity index (χ0) is 15.9. The highest BCUT2D eigenvalue weighted by Crippen LogP contribution is 2.13. The number of carbonyl (C=O) groups is 1. The first-order chi connectivity index (χ1) is 10.5. The monoisotopic (exact) mass is 316 g/mol. The van der Waals surface area contributed by atoms with Crippen molar-refractivity contribution in [2.24, 2.45) is 5.10 Å². The molecular formula is C17H17ClN2O2. The Bertz CT molecular complexity index is 649. The molecule has 114 valence electrons. The van der Waals surface area contributed by atoms with Crippen LogP contribution < -0.4 is 10.2 Å². The number of ether oxygens (including phenoxy) is 1. The summed E-state index contributed by atoms with van der Waals surface area (Å²) in [6.45, 7) is 3.95. The second kappa shape index (κ2) is 7.61. The van der Waals surface area contributed by atoms with Crippen molar-refractivity contribution in [2.75, 3.05) is 0 Å². The molecule has 0 unspecified atom stereocenters. The lowest BCUT2D eigenvalue weighted by Crippen LogP contribution is -2.17. The standard InChI is InChI=1S/C17H17ClN2O2/c1-12(2)22-16-9-3-13(4-10-16)11-19-20-17(21)14-5-7-15(18)8-6-14/h3-12H,1-2H3,(H,20,21)/b19-11-. The van der Waals surface area contributed by atoms with Crippen LogP contribution in [0.15, 0.2) is 53.6 Å². The number of nitrogens with one attached hydrogen (secondary N) is 1. The highest BCUT2D eigenvalue weighted by molar-refractivity contribution is 6.30. The van der Waals surface area contributed by atoms with E-state index in [9.17, 15) is 4.79 Å². The number of benzene rings is 2. The number of nitrogens with zero attached hydrogens (tertiary/aromatic N) is 1. The van der Waals surface area contributed by atoms with E-state index in [-0.39, 0.29) is 12.0 Å². The summed E-state index contributed by atoms with van der Waals surface area (Å²) in [6, 6.07) is 14.1. The lowest BCUT2D eigenvalue weighted by atomic mass is 10.2. The summed E-state index contributed by atoms with van der Waals surface area (Å²) in [5, 5.41) is 4.52. The van der Waals surface area contributed by atoms with Gasteiger partial charge in [0.05, 0.1) is 12.3 Å². The van der Waals surface area contributed by atoms with E-state index in [2.05, 4.69) is 10.5 Å². The molecule has 0 aliphatic heterocycles. The molecule has 0 bridgehead atoms. The van der Waals surface area contributed by atoms with Crippen molar-refractivity contribution in [3.05, 3.63) is 64.7 Å². The van der Waals surface area contributed by atoms with Gasteiger partial charge in [-0.05, 0) is 67.9 Å². The average Bonchev–Trinajstić information content (AvgIpc) is 2.49. The second-order valence-electron chi connectivity index (χ2n) is 4.94. The van der Waals surface area contributed by atoms with E-state index in [4.69, 9.17) is 16.3 Å². The van der Waals surface area contributed by atoms with Crippen LogP contribution in [-0.2, 0) is 0 Å². The summed E-state index contributed by atoms with van der Waals surface area (Å²) in [4.78, 5) is 11.8. The first kappa shape index (κ1) is 16.0. The van der Waals surface area contributed by atoms with Gasteiger partial charge in [-0.1, -0.05) is 11.6 Å². The Balaban J connectivity index is 1.91. The van der Waals surface area contributed by atoms with Crippen LogP contribution in [-0.4, -0.2) is 18.2 Å². The largest absolute Gasteiger partial charge is 0.491 e. The molecule has 5 heteroatoms. The molecule has 1 amide bonds. The van der Waals surface area contributed by atoms with Crippen molar-refractivity contribution >= 4 is 23.7 Å². The number of hydrogen-bond donors (Lipinski definition) is 1. The first-order valence-corrected chi connectivity index (χ1v) is 7.28. The van der Waals surface area contributed by atoms with Gasteiger partial charge in [0.15, 0.2) is 0 Å². The smallest absolute Gasteiger partial charge is 0.271 e. The Morgan fingerprint density at radius 2 is 1.77 bits per heavy atom. The molecule has 0 radical (unpaired) electrons. The highest BCUT2D eigenvalue weighted by Gasteiger charge is 2.03. The maximum Gasteiger partial charge on any atom is 0.271 e. The van der Waals surface area contributed by atoms with Gasteiger partial charge < -0.3 is 4.74 Å². The molecule has 0 aromatic heterocycles. The number of carbonyl (C=O) groups excluding carboxylic acids is 1. The molecule has 0 spiro atoms. The molecule has 2 aromatic carbocycles. The highest BCUT2D eigenvalue weighted by atomic mass is 35.5. The zero-order valence-corrected chi connectivity index (χ0v) is 13.2. The van der Waals surface area contributed by atoms with E-state index >= 15 is 0 Å². The van der Waals surface area contributed by atoms with Crippen LogP contribution >= 0.6 is 11.6 Å². The zero-order valence-electron chi connectivity index (χ0n) is 12.4. The van der Waals surface area contributed by atoms with Crippen molar-refractivity contribution in [3.63, 3.8) is 0 Å². The molecule has 0 aliphatic rings. The summed E-state index contributed by atoms with van der Waals surface area (Å²) in [5.41, 5.74) is 3.84. The average molecular weight is 317 g/mol. The first-order valence-electron chi connectivity index (χ1n) is 6.90. The molecular weight excluding hydrogens is 300 g/mol. The van der Waals surface area contributed by atoms with Crippen molar-refractivity contribution in [3.8, 4) is 5.75 Å². The number of hydrazone groups is 1. The van der Waals surface area contributed by atoms with Crippen LogP contribution in [0.25, 0.3) is 0 Å². The van der Waals surface area contributed by atoms with E-state index in [0.717, 1.165) is 11.3 Å². The lowest BCUT2D eigenvalue weighted by Gasteiger charge is -2.09. The lowest BCUT2D eigenvalue weighted by molar-refractivity contribution is 0.0955. The minimum atomic E-state index is -0.285. The number of rotatable bonds is 5. The maximum absolute atomic E-state index is 11.8. The Labute approximate surface area is 134 Å². The van der Waals surface area contributed by atoms with E-state index in [1.807, 2.05) is 38.1 Å². The Morgan fingerprint density at radius 3 is 2.36 bits per heavy atom. The number of amides is 1. The number of hydrogen-bond acceptors (Lipinski definition) is 3.